The third-order valence-corrected chi connectivity index (χ3v) is 2.85. The number of halogens is 3. The number of aryl methyl sites for hydroxylation is 1. The Balaban J connectivity index is 2.41. The van der Waals surface area contributed by atoms with E-state index < -0.39 is 11.6 Å². The Kier molecular flexibility index (Phi) is 3.68. The van der Waals surface area contributed by atoms with Crippen LogP contribution in [0.3, 0.4) is 0 Å². The minimum Gasteiger partial charge on any atom is -0.351 e. The van der Waals surface area contributed by atoms with E-state index in [2.05, 4.69) is 5.32 Å². The second kappa shape index (κ2) is 5.25. The molecule has 0 aliphatic heterocycles. The van der Waals surface area contributed by atoms with Crippen molar-refractivity contribution in [3.05, 3.63) is 58.1 Å². The summed E-state index contributed by atoms with van der Waals surface area (Å²) in [6.45, 7) is 1.77. The maximum absolute atomic E-state index is 13.7. The Labute approximate surface area is 114 Å². The summed E-state index contributed by atoms with van der Waals surface area (Å²) in [6, 6.07) is 8.60. The maximum Gasteiger partial charge on any atom is 0.150 e. The summed E-state index contributed by atoms with van der Waals surface area (Å²) in [5.41, 5.74) is 0.959. The van der Waals surface area contributed by atoms with Crippen molar-refractivity contribution in [2.75, 3.05) is 5.32 Å². The monoisotopic (exact) mass is 278 g/mol. The van der Waals surface area contributed by atoms with Crippen LogP contribution in [0.4, 0.5) is 20.2 Å². The number of anilines is 2. The predicted molar refractivity (Wildman–Crippen MR) is 70.5 cm³/mol. The second-order valence-corrected chi connectivity index (χ2v) is 4.45. The fraction of sp³-hybridized carbons (Fsp3) is 0.0714. The summed E-state index contributed by atoms with van der Waals surface area (Å²) in [6.07, 6.45) is 0. The van der Waals surface area contributed by atoms with Gasteiger partial charge in [0.15, 0.2) is 11.6 Å². The molecule has 0 unspecified atom stereocenters. The van der Waals surface area contributed by atoms with E-state index in [0.29, 0.717) is 10.7 Å². The fourth-order valence-corrected chi connectivity index (χ4v) is 1.89. The number of rotatable bonds is 2. The molecule has 0 bridgehead atoms. The standard InChI is InChI=1S/C14H9ClF2N2/c1-8-4-10(15)2-3-13(8)19-14-11(16)5-9(7-18)6-12(14)17/h2-6,19H,1H3. The van der Waals surface area contributed by atoms with Crippen LogP contribution < -0.4 is 5.32 Å². The van der Waals surface area contributed by atoms with Gasteiger partial charge in [0, 0.05) is 10.7 Å². The molecule has 2 aromatic rings. The topological polar surface area (TPSA) is 35.8 Å². The van der Waals surface area contributed by atoms with Gasteiger partial charge in [-0.2, -0.15) is 5.26 Å². The van der Waals surface area contributed by atoms with Crippen molar-refractivity contribution >= 4 is 23.0 Å². The van der Waals surface area contributed by atoms with Crippen LogP contribution in [0.25, 0.3) is 0 Å². The van der Waals surface area contributed by atoms with E-state index >= 15 is 0 Å². The highest BCUT2D eigenvalue weighted by molar-refractivity contribution is 6.30. The van der Waals surface area contributed by atoms with E-state index in [1.165, 1.54) is 0 Å². The summed E-state index contributed by atoms with van der Waals surface area (Å²) in [5.74, 6) is -1.63. The van der Waals surface area contributed by atoms with Crippen LogP contribution in [-0.2, 0) is 0 Å². The van der Waals surface area contributed by atoms with Crippen molar-refractivity contribution in [1.29, 1.82) is 5.26 Å². The van der Waals surface area contributed by atoms with Crippen LogP contribution in [0.5, 0.6) is 0 Å². The molecule has 0 radical (unpaired) electrons. The van der Waals surface area contributed by atoms with Crippen LogP contribution >= 0.6 is 11.6 Å². The van der Waals surface area contributed by atoms with Crippen molar-refractivity contribution in [3.8, 4) is 6.07 Å². The molecule has 0 fully saturated rings. The largest absolute Gasteiger partial charge is 0.351 e. The van der Waals surface area contributed by atoms with Crippen LogP contribution in [0.15, 0.2) is 30.3 Å². The van der Waals surface area contributed by atoms with Crippen molar-refractivity contribution in [2.45, 2.75) is 6.92 Å². The van der Waals surface area contributed by atoms with Gasteiger partial charge in [-0.3, -0.25) is 0 Å². The van der Waals surface area contributed by atoms with E-state index in [1.807, 2.05) is 0 Å². The van der Waals surface area contributed by atoms with Crippen LogP contribution in [0.1, 0.15) is 11.1 Å². The minimum absolute atomic E-state index is 0.0617. The van der Waals surface area contributed by atoms with Crippen molar-refractivity contribution < 1.29 is 8.78 Å². The zero-order chi connectivity index (χ0) is 14.0. The molecule has 5 heteroatoms. The molecular formula is C14H9ClF2N2. The molecule has 2 aromatic carbocycles. The number of nitrogens with zero attached hydrogens (tertiary/aromatic N) is 1. The first-order valence-electron chi connectivity index (χ1n) is 5.43. The smallest absolute Gasteiger partial charge is 0.150 e. The lowest BCUT2D eigenvalue weighted by Gasteiger charge is -2.11. The van der Waals surface area contributed by atoms with Gasteiger partial charge < -0.3 is 5.32 Å². The van der Waals surface area contributed by atoms with E-state index in [-0.39, 0.29) is 11.3 Å². The number of benzene rings is 2. The molecule has 0 heterocycles. The molecule has 19 heavy (non-hydrogen) atoms. The third-order valence-electron chi connectivity index (χ3n) is 2.62. The summed E-state index contributed by atoms with van der Waals surface area (Å²) in [4.78, 5) is 0. The number of hydrogen-bond acceptors (Lipinski definition) is 2. The molecule has 0 saturated carbocycles. The van der Waals surface area contributed by atoms with Crippen LogP contribution in [-0.4, -0.2) is 0 Å². The average molecular weight is 279 g/mol. The molecule has 0 amide bonds. The summed E-state index contributed by atoms with van der Waals surface area (Å²) in [5, 5.41) is 11.8. The van der Waals surface area contributed by atoms with E-state index in [4.69, 9.17) is 16.9 Å². The molecule has 2 rings (SSSR count). The van der Waals surface area contributed by atoms with E-state index in [0.717, 1.165) is 17.7 Å². The molecule has 0 aliphatic rings. The molecule has 0 aliphatic carbocycles. The second-order valence-electron chi connectivity index (χ2n) is 4.01. The maximum atomic E-state index is 13.7. The first kappa shape index (κ1) is 13.3. The predicted octanol–water partition coefficient (Wildman–Crippen LogP) is 4.54. The first-order chi connectivity index (χ1) is 9.01. The van der Waals surface area contributed by atoms with Gasteiger partial charge in [-0.25, -0.2) is 8.78 Å². The highest BCUT2D eigenvalue weighted by Crippen LogP contribution is 2.27. The average Bonchev–Trinajstić information content (AvgIpc) is 2.35. The lowest BCUT2D eigenvalue weighted by Crippen LogP contribution is -2.00. The molecule has 1 N–H and O–H groups in total. The van der Waals surface area contributed by atoms with Gasteiger partial charge in [-0.05, 0) is 42.8 Å². The minimum atomic E-state index is -0.814. The normalized spacial score (nSPS) is 10.1. The zero-order valence-electron chi connectivity index (χ0n) is 9.97. The molecule has 0 saturated heterocycles. The van der Waals surface area contributed by atoms with Gasteiger partial charge in [0.1, 0.15) is 5.69 Å². The first-order valence-corrected chi connectivity index (χ1v) is 5.81. The highest BCUT2D eigenvalue weighted by atomic mass is 35.5. The number of nitrogens with one attached hydrogen (secondary N) is 1. The van der Waals surface area contributed by atoms with Gasteiger partial charge in [0.2, 0.25) is 0 Å². The summed E-state index contributed by atoms with van der Waals surface area (Å²) in [7, 11) is 0. The highest BCUT2D eigenvalue weighted by Gasteiger charge is 2.12. The van der Waals surface area contributed by atoms with Gasteiger partial charge in [0.25, 0.3) is 0 Å². The fourth-order valence-electron chi connectivity index (χ4n) is 1.66. The van der Waals surface area contributed by atoms with E-state index in [9.17, 15) is 8.78 Å². The van der Waals surface area contributed by atoms with Gasteiger partial charge in [-0.15, -0.1) is 0 Å². The van der Waals surface area contributed by atoms with Gasteiger partial charge >= 0.3 is 0 Å². The van der Waals surface area contributed by atoms with Crippen LogP contribution in [0, 0.1) is 29.9 Å². The molecule has 2 nitrogen and oxygen atoms in total. The van der Waals surface area contributed by atoms with Crippen LogP contribution in [0.2, 0.25) is 5.02 Å². The molecule has 96 valence electrons. The Morgan fingerprint density at radius 1 is 1.16 bits per heavy atom. The van der Waals surface area contributed by atoms with Gasteiger partial charge in [-0.1, -0.05) is 11.6 Å². The SMILES string of the molecule is Cc1cc(Cl)ccc1Nc1c(F)cc(C#N)cc1F. The molecule has 0 atom stereocenters. The Morgan fingerprint density at radius 3 is 2.32 bits per heavy atom. The van der Waals surface area contributed by atoms with Crippen molar-refractivity contribution in [2.24, 2.45) is 0 Å². The lowest BCUT2D eigenvalue weighted by molar-refractivity contribution is 0.590. The Morgan fingerprint density at radius 2 is 1.79 bits per heavy atom. The lowest BCUT2D eigenvalue weighted by atomic mass is 10.1. The molecular weight excluding hydrogens is 270 g/mol. The Hall–Kier alpha value is -2.12. The zero-order valence-corrected chi connectivity index (χ0v) is 10.7. The molecule has 0 aromatic heterocycles. The number of nitriles is 1. The molecule has 0 spiro atoms. The summed E-state index contributed by atoms with van der Waals surface area (Å²) < 4.78 is 27.4. The third kappa shape index (κ3) is 2.83. The Bertz CT molecular complexity index is 655. The van der Waals surface area contributed by atoms with E-state index in [1.54, 1.807) is 31.2 Å². The summed E-state index contributed by atoms with van der Waals surface area (Å²) >= 11 is 5.81. The van der Waals surface area contributed by atoms with Crippen molar-refractivity contribution in [3.63, 3.8) is 0 Å². The van der Waals surface area contributed by atoms with Gasteiger partial charge in [0.05, 0.1) is 11.6 Å². The quantitative estimate of drug-likeness (QED) is 0.875. The van der Waals surface area contributed by atoms with Crippen molar-refractivity contribution in [1.82, 2.24) is 0 Å². The number of hydrogen-bond donors (Lipinski definition) is 1.